The van der Waals surface area contributed by atoms with Crippen LogP contribution in [0.2, 0.25) is 0 Å². The Hall–Kier alpha value is -0.260. The van der Waals surface area contributed by atoms with Gasteiger partial charge in [0, 0.05) is 11.8 Å². The van der Waals surface area contributed by atoms with Crippen molar-refractivity contribution in [2.75, 3.05) is 18.1 Å². The Morgan fingerprint density at radius 1 is 1.41 bits per heavy atom. The minimum Gasteiger partial charge on any atom is -0.480 e. The third kappa shape index (κ3) is 5.75. The molecule has 4 nitrogen and oxygen atoms in total. The average molecular weight is 261 g/mol. The number of unbranched alkanes of at least 4 members (excludes halogenated alkanes) is 1. The molecule has 5 heteroatoms. The molecule has 0 radical (unpaired) electrons. The molecule has 0 aromatic rings. The van der Waals surface area contributed by atoms with Gasteiger partial charge in [0.1, 0.15) is 5.54 Å². The number of thioether (sulfide) groups is 1. The van der Waals surface area contributed by atoms with Crippen LogP contribution in [0.5, 0.6) is 0 Å². The Morgan fingerprint density at radius 3 is 2.65 bits per heavy atom. The maximum atomic E-state index is 11.2. The Balaban J connectivity index is 2.17. The van der Waals surface area contributed by atoms with E-state index in [1.165, 1.54) is 0 Å². The summed E-state index contributed by atoms with van der Waals surface area (Å²) in [5.74, 6) is 1.03. The molecule has 1 saturated carbocycles. The van der Waals surface area contributed by atoms with Crippen LogP contribution in [0, 0.1) is 0 Å². The highest BCUT2D eigenvalue weighted by Gasteiger charge is 2.37. The molecule has 100 valence electrons. The van der Waals surface area contributed by atoms with Crippen molar-refractivity contribution in [1.82, 2.24) is 5.32 Å². The number of rotatable bonds is 10. The number of carboxylic acid groups (broad SMARTS) is 1. The Bertz CT molecular complexity index is 246. The summed E-state index contributed by atoms with van der Waals surface area (Å²) in [6.07, 6.45) is 4.82. The molecule has 3 N–H and O–H groups in total. The summed E-state index contributed by atoms with van der Waals surface area (Å²) < 4.78 is 0. The van der Waals surface area contributed by atoms with Crippen molar-refractivity contribution in [2.45, 2.75) is 50.6 Å². The van der Waals surface area contributed by atoms with Gasteiger partial charge in [-0.05, 0) is 38.4 Å². The van der Waals surface area contributed by atoms with Gasteiger partial charge in [0.25, 0.3) is 0 Å². The van der Waals surface area contributed by atoms with Gasteiger partial charge in [-0.15, -0.1) is 0 Å². The molecule has 0 aromatic carbocycles. The molecular weight excluding hydrogens is 238 g/mol. The number of carboxylic acids is 1. The molecule has 1 aliphatic rings. The van der Waals surface area contributed by atoms with Crippen LogP contribution >= 0.6 is 11.8 Å². The lowest BCUT2D eigenvalue weighted by molar-refractivity contribution is -0.144. The molecule has 0 saturated heterocycles. The fourth-order valence-corrected chi connectivity index (χ4v) is 2.51. The molecule has 0 bridgehead atoms. The molecule has 0 heterocycles. The zero-order chi connectivity index (χ0) is 12.7. The van der Waals surface area contributed by atoms with Crippen molar-refractivity contribution in [3.05, 3.63) is 0 Å². The predicted octanol–water partition coefficient (Wildman–Crippen LogP) is 1.48. The van der Waals surface area contributed by atoms with Gasteiger partial charge >= 0.3 is 5.97 Å². The van der Waals surface area contributed by atoms with Crippen LogP contribution < -0.4 is 5.32 Å². The van der Waals surface area contributed by atoms with Gasteiger partial charge in [0.15, 0.2) is 0 Å². The highest BCUT2D eigenvalue weighted by molar-refractivity contribution is 7.99. The van der Waals surface area contributed by atoms with E-state index in [9.17, 15) is 9.90 Å². The van der Waals surface area contributed by atoms with Gasteiger partial charge in [0.2, 0.25) is 0 Å². The standard InChI is InChI=1S/C12H23NO3S/c1-12(11(15)16,13-10-4-5-10)6-2-3-8-17-9-7-14/h10,13-14H,2-9H2,1H3,(H,15,16). The van der Waals surface area contributed by atoms with Gasteiger partial charge in [0.05, 0.1) is 6.61 Å². The molecule has 1 aliphatic carbocycles. The molecule has 1 rings (SSSR count). The lowest BCUT2D eigenvalue weighted by Crippen LogP contribution is -2.50. The summed E-state index contributed by atoms with van der Waals surface area (Å²) in [4.78, 5) is 11.2. The summed E-state index contributed by atoms with van der Waals surface area (Å²) in [6, 6.07) is 0.417. The molecule has 1 unspecified atom stereocenters. The SMILES string of the molecule is CC(CCCCSCCO)(NC1CC1)C(=O)O. The van der Waals surface area contributed by atoms with Crippen LogP contribution in [0.4, 0.5) is 0 Å². The Labute approximate surface area is 107 Å². The molecule has 1 fully saturated rings. The number of aliphatic hydroxyl groups excluding tert-OH is 1. The smallest absolute Gasteiger partial charge is 0.323 e. The van der Waals surface area contributed by atoms with E-state index in [2.05, 4.69) is 5.32 Å². The summed E-state index contributed by atoms with van der Waals surface area (Å²) in [7, 11) is 0. The molecular formula is C12H23NO3S. The number of hydrogen-bond donors (Lipinski definition) is 3. The van der Waals surface area contributed by atoms with E-state index in [1.807, 2.05) is 0 Å². The highest BCUT2D eigenvalue weighted by atomic mass is 32.2. The first-order chi connectivity index (χ1) is 8.08. The Kier molecular flexibility index (Phi) is 6.30. The van der Waals surface area contributed by atoms with Gasteiger partial charge < -0.3 is 10.2 Å². The third-order valence-electron chi connectivity index (χ3n) is 3.02. The van der Waals surface area contributed by atoms with Crippen LogP contribution in [0.1, 0.15) is 39.0 Å². The first-order valence-electron chi connectivity index (χ1n) is 6.28. The van der Waals surface area contributed by atoms with Gasteiger partial charge in [-0.1, -0.05) is 6.42 Å². The Morgan fingerprint density at radius 2 is 2.12 bits per heavy atom. The molecule has 0 amide bonds. The highest BCUT2D eigenvalue weighted by Crippen LogP contribution is 2.25. The van der Waals surface area contributed by atoms with E-state index >= 15 is 0 Å². The number of nitrogens with one attached hydrogen (secondary N) is 1. The summed E-state index contributed by atoms with van der Waals surface area (Å²) in [6.45, 7) is 2.01. The van der Waals surface area contributed by atoms with E-state index in [4.69, 9.17) is 5.11 Å². The first-order valence-corrected chi connectivity index (χ1v) is 7.43. The fraction of sp³-hybridized carbons (Fsp3) is 0.917. The maximum Gasteiger partial charge on any atom is 0.323 e. The van der Waals surface area contributed by atoms with Crippen molar-refractivity contribution in [3.8, 4) is 0 Å². The van der Waals surface area contributed by atoms with E-state index in [1.54, 1.807) is 18.7 Å². The van der Waals surface area contributed by atoms with Crippen LogP contribution in [0.3, 0.4) is 0 Å². The quantitative estimate of drug-likeness (QED) is 0.520. The summed E-state index contributed by atoms with van der Waals surface area (Å²) in [5.41, 5.74) is -0.761. The monoisotopic (exact) mass is 261 g/mol. The topological polar surface area (TPSA) is 69.6 Å². The van der Waals surface area contributed by atoms with Crippen molar-refractivity contribution in [1.29, 1.82) is 0 Å². The van der Waals surface area contributed by atoms with Gasteiger partial charge in [-0.2, -0.15) is 11.8 Å². The zero-order valence-corrected chi connectivity index (χ0v) is 11.3. The third-order valence-corrected chi connectivity index (χ3v) is 4.07. The van der Waals surface area contributed by atoms with Crippen LogP contribution in [0.25, 0.3) is 0 Å². The van der Waals surface area contributed by atoms with E-state index in [0.29, 0.717) is 12.5 Å². The lowest BCUT2D eigenvalue weighted by Gasteiger charge is -2.26. The fourth-order valence-electron chi connectivity index (χ4n) is 1.77. The first kappa shape index (κ1) is 14.8. The van der Waals surface area contributed by atoms with E-state index in [-0.39, 0.29) is 6.61 Å². The number of carbonyl (C=O) groups is 1. The normalized spacial score (nSPS) is 18.9. The van der Waals surface area contributed by atoms with Crippen molar-refractivity contribution < 1.29 is 15.0 Å². The van der Waals surface area contributed by atoms with E-state index in [0.717, 1.165) is 37.2 Å². The van der Waals surface area contributed by atoms with Gasteiger partial charge in [-0.25, -0.2) is 0 Å². The molecule has 0 aliphatic heterocycles. The molecule has 0 aromatic heterocycles. The van der Waals surface area contributed by atoms with Crippen molar-refractivity contribution >= 4 is 17.7 Å². The van der Waals surface area contributed by atoms with Crippen molar-refractivity contribution in [2.24, 2.45) is 0 Å². The minimum absolute atomic E-state index is 0.223. The number of aliphatic hydroxyl groups is 1. The average Bonchev–Trinajstić information content (AvgIpc) is 3.07. The summed E-state index contributed by atoms with van der Waals surface area (Å²) in [5, 5.41) is 21.1. The number of hydrogen-bond acceptors (Lipinski definition) is 4. The number of aliphatic carboxylic acids is 1. The van der Waals surface area contributed by atoms with Crippen LogP contribution in [-0.2, 0) is 4.79 Å². The van der Waals surface area contributed by atoms with E-state index < -0.39 is 11.5 Å². The van der Waals surface area contributed by atoms with Crippen LogP contribution in [0.15, 0.2) is 0 Å². The maximum absolute atomic E-state index is 11.2. The predicted molar refractivity (Wildman–Crippen MR) is 70.5 cm³/mol. The van der Waals surface area contributed by atoms with Crippen molar-refractivity contribution in [3.63, 3.8) is 0 Å². The lowest BCUT2D eigenvalue weighted by atomic mass is 9.95. The second-order valence-electron chi connectivity index (χ2n) is 4.85. The second-order valence-corrected chi connectivity index (χ2v) is 6.07. The minimum atomic E-state index is -0.761. The molecule has 0 spiro atoms. The van der Waals surface area contributed by atoms with Crippen LogP contribution in [-0.4, -0.2) is 45.9 Å². The molecule has 17 heavy (non-hydrogen) atoms. The second kappa shape index (κ2) is 7.24. The largest absolute Gasteiger partial charge is 0.480 e. The molecule has 1 atom stereocenters. The summed E-state index contributed by atoms with van der Waals surface area (Å²) >= 11 is 1.72. The van der Waals surface area contributed by atoms with Gasteiger partial charge in [-0.3, -0.25) is 10.1 Å². The zero-order valence-electron chi connectivity index (χ0n) is 10.4.